The Kier molecular flexibility index (Phi) is 8.83. The first-order valence-corrected chi connectivity index (χ1v) is 12.8. The molecule has 8 heteroatoms. The molecule has 0 aliphatic carbocycles. The maximum Gasteiger partial charge on any atom is 0.422 e. The van der Waals surface area contributed by atoms with Crippen LogP contribution < -0.4 is 4.74 Å². The van der Waals surface area contributed by atoms with E-state index < -0.39 is 41.8 Å². The zero-order valence-electron chi connectivity index (χ0n) is 21.3. The van der Waals surface area contributed by atoms with Gasteiger partial charge in [0.25, 0.3) is 0 Å². The second kappa shape index (κ2) is 12.1. The summed E-state index contributed by atoms with van der Waals surface area (Å²) in [5.74, 6) is -4.84. The molecule has 0 saturated heterocycles. The van der Waals surface area contributed by atoms with Crippen LogP contribution in [0.15, 0.2) is 60.7 Å². The third-order valence-corrected chi connectivity index (χ3v) is 6.56. The molecule has 39 heavy (non-hydrogen) atoms. The van der Waals surface area contributed by atoms with Crippen LogP contribution in [0.3, 0.4) is 0 Å². The fourth-order valence-corrected chi connectivity index (χ4v) is 4.56. The van der Waals surface area contributed by atoms with Gasteiger partial charge in [0.2, 0.25) is 0 Å². The number of benzene rings is 4. The fraction of sp³-hybridized carbons (Fsp3) is 0.290. The Balaban J connectivity index is 1.56. The van der Waals surface area contributed by atoms with Crippen LogP contribution in [0.4, 0.5) is 30.7 Å². The summed E-state index contributed by atoms with van der Waals surface area (Å²) >= 11 is 0. The van der Waals surface area contributed by atoms with E-state index in [0.29, 0.717) is 5.56 Å². The van der Waals surface area contributed by atoms with Crippen LogP contribution in [0.2, 0.25) is 0 Å². The predicted molar refractivity (Wildman–Crippen MR) is 139 cm³/mol. The number of hydrogen-bond donors (Lipinski definition) is 0. The van der Waals surface area contributed by atoms with Crippen molar-refractivity contribution in [1.82, 2.24) is 0 Å². The zero-order chi connectivity index (χ0) is 28.2. The molecular weight excluding hydrogens is 521 g/mol. The molecule has 0 amide bonds. The van der Waals surface area contributed by atoms with Crippen molar-refractivity contribution in [3.05, 3.63) is 89.5 Å². The lowest BCUT2D eigenvalue weighted by Gasteiger charge is -2.13. The van der Waals surface area contributed by atoms with E-state index in [2.05, 4.69) is 11.7 Å². The summed E-state index contributed by atoms with van der Waals surface area (Å²) in [5, 5.41) is -0.163. The molecule has 0 N–H and O–H groups in total. The van der Waals surface area contributed by atoms with Gasteiger partial charge in [-0.2, -0.15) is 13.2 Å². The minimum atomic E-state index is -4.76. The lowest BCUT2D eigenvalue weighted by molar-refractivity contribution is -0.154. The first kappa shape index (κ1) is 28.5. The highest BCUT2D eigenvalue weighted by atomic mass is 19.4. The molecule has 0 aliphatic heterocycles. The number of halogens is 7. The molecule has 0 aliphatic rings. The van der Waals surface area contributed by atoms with Crippen LogP contribution in [0, 0.1) is 23.3 Å². The van der Waals surface area contributed by atoms with Crippen molar-refractivity contribution in [2.24, 2.45) is 0 Å². The molecule has 1 nitrogen and oxygen atoms in total. The summed E-state index contributed by atoms with van der Waals surface area (Å²) in [7, 11) is 0. The van der Waals surface area contributed by atoms with Crippen LogP contribution in [-0.4, -0.2) is 12.8 Å². The van der Waals surface area contributed by atoms with Gasteiger partial charge in [-0.05, 0) is 59.2 Å². The number of aryl methyl sites for hydroxylation is 1. The molecule has 0 unspecified atom stereocenters. The molecule has 0 spiro atoms. The third kappa shape index (κ3) is 6.91. The van der Waals surface area contributed by atoms with Gasteiger partial charge in [-0.3, -0.25) is 0 Å². The van der Waals surface area contributed by atoms with E-state index in [-0.39, 0.29) is 27.5 Å². The van der Waals surface area contributed by atoms with E-state index in [4.69, 9.17) is 0 Å². The van der Waals surface area contributed by atoms with E-state index in [9.17, 15) is 26.3 Å². The Hall–Kier alpha value is -3.55. The van der Waals surface area contributed by atoms with Crippen molar-refractivity contribution in [2.45, 2.75) is 51.6 Å². The summed E-state index contributed by atoms with van der Waals surface area (Å²) in [6, 6.07) is 13.9. The lowest BCUT2D eigenvalue weighted by atomic mass is 9.96. The Morgan fingerprint density at radius 3 is 1.97 bits per heavy atom. The summed E-state index contributed by atoms with van der Waals surface area (Å²) in [6.45, 7) is 0.302. The summed E-state index contributed by atoms with van der Waals surface area (Å²) in [5.41, 5.74) is 1.88. The molecule has 0 radical (unpaired) electrons. The fourth-order valence-electron chi connectivity index (χ4n) is 4.56. The SMILES string of the molecule is CCCCCCCc1ccc(-c2ccc(-c3ccc4c(F)c(OCC(F)(F)F)c(F)cc4c3)c(F)c2)c(F)c1. The topological polar surface area (TPSA) is 9.23 Å². The van der Waals surface area contributed by atoms with E-state index >= 15 is 4.39 Å². The number of hydrogen-bond acceptors (Lipinski definition) is 1. The minimum absolute atomic E-state index is 0.0154. The largest absolute Gasteiger partial charge is 0.478 e. The Morgan fingerprint density at radius 2 is 1.31 bits per heavy atom. The van der Waals surface area contributed by atoms with Crippen molar-refractivity contribution in [3.63, 3.8) is 0 Å². The van der Waals surface area contributed by atoms with Gasteiger partial charge in [0, 0.05) is 16.5 Å². The Labute approximate surface area is 222 Å². The monoisotopic (exact) mass is 548 g/mol. The number of alkyl halides is 3. The van der Waals surface area contributed by atoms with E-state index in [0.717, 1.165) is 43.7 Å². The van der Waals surface area contributed by atoms with Gasteiger partial charge in [0.1, 0.15) is 11.6 Å². The minimum Gasteiger partial charge on any atom is -0.478 e. The van der Waals surface area contributed by atoms with E-state index in [1.807, 2.05) is 6.07 Å². The molecular formula is C31H27F7O. The third-order valence-electron chi connectivity index (χ3n) is 6.56. The molecule has 4 aromatic rings. The number of ether oxygens (including phenoxy) is 1. The van der Waals surface area contributed by atoms with Crippen molar-refractivity contribution < 1.29 is 35.5 Å². The highest BCUT2D eigenvalue weighted by Crippen LogP contribution is 2.35. The van der Waals surface area contributed by atoms with Crippen molar-refractivity contribution in [2.75, 3.05) is 6.61 Å². The van der Waals surface area contributed by atoms with E-state index in [1.54, 1.807) is 12.1 Å². The average molecular weight is 549 g/mol. The average Bonchev–Trinajstić information content (AvgIpc) is 2.87. The summed E-state index contributed by atoms with van der Waals surface area (Å²) in [6.07, 6.45) is 1.56. The molecule has 0 aromatic heterocycles. The highest BCUT2D eigenvalue weighted by Gasteiger charge is 2.30. The van der Waals surface area contributed by atoms with Gasteiger partial charge >= 0.3 is 6.18 Å². The van der Waals surface area contributed by atoms with Gasteiger partial charge in [-0.1, -0.05) is 69.0 Å². The second-order valence-electron chi connectivity index (χ2n) is 9.51. The summed E-state index contributed by atoms with van der Waals surface area (Å²) < 4.78 is 101. The van der Waals surface area contributed by atoms with Gasteiger partial charge in [0.05, 0.1) is 0 Å². The van der Waals surface area contributed by atoms with E-state index in [1.165, 1.54) is 42.8 Å². The van der Waals surface area contributed by atoms with Crippen molar-refractivity contribution in [1.29, 1.82) is 0 Å². The number of rotatable bonds is 10. The van der Waals surface area contributed by atoms with Gasteiger partial charge < -0.3 is 4.74 Å². The number of fused-ring (bicyclic) bond motifs is 1. The van der Waals surface area contributed by atoms with Gasteiger partial charge in [0.15, 0.2) is 24.0 Å². The van der Waals surface area contributed by atoms with Crippen LogP contribution in [0.1, 0.15) is 44.6 Å². The quantitative estimate of drug-likeness (QED) is 0.142. The molecule has 0 fully saturated rings. The van der Waals surface area contributed by atoms with Gasteiger partial charge in [-0.15, -0.1) is 0 Å². The molecule has 4 aromatic carbocycles. The maximum absolute atomic E-state index is 15.1. The van der Waals surface area contributed by atoms with Crippen LogP contribution >= 0.6 is 0 Å². The Bertz CT molecular complexity index is 1460. The second-order valence-corrected chi connectivity index (χ2v) is 9.51. The standard InChI is InChI=1S/C31H27F7O/c1-2-3-4-5-6-7-19-8-11-23(26(32)14-19)21-9-12-24(27(33)16-21)20-10-13-25-22(15-20)17-28(34)30(29(25)35)39-18-31(36,37)38/h8-17H,2-7,18H2,1H3. The highest BCUT2D eigenvalue weighted by molar-refractivity contribution is 5.89. The molecule has 206 valence electrons. The molecule has 0 atom stereocenters. The molecule has 0 saturated carbocycles. The van der Waals surface area contributed by atoms with Crippen LogP contribution in [0.5, 0.6) is 5.75 Å². The molecule has 4 rings (SSSR count). The Morgan fingerprint density at radius 1 is 0.667 bits per heavy atom. The van der Waals surface area contributed by atoms with Crippen LogP contribution in [0.25, 0.3) is 33.0 Å². The predicted octanol–water partition coefficient (Wildman–Crippen LogP) is 10.2. The normalized spacial score (nSPS) is 11.8. The zero-order valence-corrected chi connectivity index (χ0v) is 21.3. The van der Waals surface area contributed by atoms with Crippen molar-refractivity contribution >= 4 is 10.8 Å². The van der Waals surface area contributed by atoms with Gasteiger partial charge in [-0.25, -0.2) is 17.6 Å². The lowest BCUT2D eigenvalue weighted by Crippen LogP contribution is -2.20. The smallest absolute Gasteiger partial charge is 0.422 e. The first-order valence-electron chi connectivity index (χ1n) is 12.8. The first-order chi connectivity index (χ1) is 18.6. The summed E-state index contributed by atoms with van der Waals surface area (Å²) in [4.78, 5) is 0. The maximum atomic E-state index is 15.1. The van der Waals surface area contributed by atoms with Crippen LogP contribution in [-0.2, 0) is 6.42 Å². The molecule has 0 bridgehead atoms. The molecule has 0 heterocycles. The number of unbranched alkanes of at least 4 members (excludes halogenated alkanes) is 4. The van der Waals surface area contributed by atoms with Crippen molar-refractivity contribution in [3.8, 4) is 28.0 Å².